The van der Waals surface area contributed by atoms with Gasteiger partial charge in [-0.3, -0.25) is 4.98 Å². The molecule has 94 valence electrons. The molecule has 0 aliphatic heterocycles. The molecule has 1 N–H and O–H groups in total. The summed E-state index contributed by atoms with van der Waals surface area (Å²) in [5.74, 6) is 0. The van der Waals surface area contributed by atoms with E-state index in [2.05, 4.69) is 73.3 Å². The molecule has 4 heteroatoms. The monoisotopic (exact) mass is 368 g/mol. The third-order valence-corrected chi connectivity index (χ3v) is 3.71. The number of halogens is 2. The first kappa shape index (κ1) is 13.7. The van der Waals surface area contributed by atoms with E-state index in [1.807, 2.05) is 12.3 Å². The van der Waals surface area contributed by atoms with Gasteiger partial charge in [0.2, 0.25) is 0 Å². The third kappa shape index (κ3) is 3.90. The second-order valence-corrected chi connectivity index (χ2v) is 5.94. The number of hydrogen-bond donors (Lipinski definition) is 1. The normalized spacial score (nSPS) is 10.6. The topological polar surface area (TPSA) is 24.9 Å². The SMILES string of the molecule is Cc1cccc(CNCc2ncc(Br)cc2Br)c1. The van der Waals surface area contributed by atoms with Gasteiger partial charge >= 0.3 is 0 Å². The molecular formula is C14H14Br2N2. The van der Waals surface area contributed by atoms with Crippen molar-refractivity contribution in [3.63, 3.8) is 0 Å². The van der Waals surface area contributed by atoms with Crippen LogP contribution in [0.4, 0.5) is 0 Å². The molecule has 0 atom stereocenters. The Balaban J connectivity index is 1.92. The Hall–Kier alpha value is -0.710. The van der Waals surface area contributed by atoms with Crippen LogP contribution in [0.3, 0.4) is 0 Å². The average molecular weight is 370 g/mol. The summed E-state index contributed by atoms with van der Waals surface area (Å²) in [4.78, 5) is 4.37. The van der Waals surface area contributed by atoms with Crippen LogP contribution in [0.25, 0.3) is 0 Å². The van der Waals surface area contributed by atoms with Crippen LogP contribution in [0.2, 0.25) is 0 Å². The molecule has 0 amide bonds. The predicted octanol–water partition coefficient (Wildman–Crippen LogP) is 4.20. The lowest BCUT2D eigenvalue weighted by Crippen LogP contribution is -2.14. The number of rotatable bonds is 4. The molecule has 0 saturated heterocycles. The van der Waals surface area contributed by atoms with Gasteiger partial charge in [-0.05, 0) is 50.4 Å². The molecule has 0 radical (unpaired) electrons. The van der Waals surface area contributed by atoms with Crippen LogP contribution < -0.4 is 5.32 Å². The number of pyridine rings is 1. The first-order valence-corrected chi connectivity index (χ1v) is 7.30. The van der Waals surface area contributed by atoms with E-state index in [4.69, 9.17) is 0 Å². The van der Waals surface area contributed by atoms with E-state index in [-0.39, 0.29) is 0 Å². The maximum atomic E-state index is 4.37. The summed E-state index contributed by atoms with van der Waals surface area (Å²) in [6.45, 7) is 3.71. The van der Waals surface area contributed by atoms with Crippen molar-refractivity contribution < 1.29 is 0 Å². The Kier molecular flexibility index (Phi) is 4.92. The van der Waals surface area contributed by atoms with Crippen molar-refractivity contribution in [2.24, 2.45) is 0 Å². The van der Waals surface area contributed by atoms with Crippen LogP contribution in [-0.4, -0.2) is 4.98 Å². The number of aromatic nitrogens is 1. The molecule has 0 spiro atoms. The van der Waals surface area contributed by atoms with Crippen LogP contribution in [0.5, 0.6) is 0 Å². The molecule has 0 bridgehead atoms. The zero-order valence-corrected chi connectivity index (χ0v) is 13.3. The lowest BCUT2D eigenvalue weighted by atomic mass is 10.1. The summed E-state index contributed by atoms with van der Waals surface area (Å²) in [5, 5.41) is 3.40. The van der Waals surface area contributed by atoms with E-state index in [0.29, 0.717) is 0 Å². The third-order valence-electron chi connectivity index (χ3n) is 2.59. The van der Waals surface area contributed by atoms with Gasteiger partial charge < -0.3 is 5.32 Å². The van der Waals surface area contributed by atoms with Crippen LogP contribution in [0.15, 0.2) is 45.5 Å². The van der Waals surface area contributed by atoms with Crippen molar-refractivity contribution >= 4 is 31.9 Å². The van der Waals surface area contributed by atoms with Gasteiger partial charge in [0, 0.05) is 28.2 Å². The summed E-state index contributed by atoms with van der Waals surface area (Å²) in [5.41, 5.74) is 3.60. The molecule has 2 rings (SSSR count). The molecule has 0 aliphatic rings. The van der Waals surface area contributed by atoms with Gasteiger partial charge in [0.25, 0.3) is 0 Å². The molecule has 1 heterocycles. The molecule has 0 aliphatic carbocycles. The van der Waals surface area contributed by atoms with Gasteiger partial charge in [-0.2, -0.15) is 0 Å². The zero-order chi connectivity index (χ0) is 13.0. The van der Waals surface area contributed by atoms with Crippen molar-refractivity contribution in [2.45, 2.75) is 20.0 Å². The van der Waals surface area contributed by atoms with Gasteiger partial charge in [0.15, 0.2) is 0 Å². The summed E-state index contributed by atoms with van der Waals surface area (Å²) < 4.78 is 2.01. The number of benzene rings is 1. The fourth-order valence-electron chi connectivity index (χ4n) is 1.72. The van der Waals surface area contributed by atoms with E-state index in [9.17, 15) is 0 Å². The van der Waals surface area contributed by atoms with E-state index in [1.165, 1.54) is 11.1 Å². The van der Waals surface area contributed by atoms with E-state index in [0.717, 1.165) is 27.7 Å². The van der Waals surface area contributed by atoms with Gasteiger partial charge in [-0.15, -0.1) is 0 Å². The van der Waals surface area contributed by atoms with Crippen molar-refractivity contribution in [1.82, 2.24) is 10.3 Å². The van der Waals surface area contributed by atoms with Crippen LogP contribution >= 0.6 is 31.9 Å². The molecular weight excluding hydrogens is 356 g/mol. The fraction of sp³-hybridized carbons (Fsp3) is 0.214. The highest BCUT2D eigenvalue weighted by atomic mass is 79.9. The fourth-order valence-corrected chi connectivity index (χ4v) is 2.85. The Morgan fingerprint density at radius 3 is 2.72 bits per heavy atom. The van der Waals surface area contributed by atoms with E-state index in [1.54, 1.807) is 0 Å². The molecule has 0 unspecified atom stereocenters. The second-order valence-electron chi connectivity index (χ2n) is 4.17. The molecule has 1 aromatic carbocycles. The second kappa shape index (κ2) is 6.45. The maximum Gasteiger partial charge on any atom is 0.0684 e. The van der Waals surface area contributed by atoms with Gasteiger partial charge in [0.1, 0.15) is 0 Å². The van der Waals surface area contributed by atoms with Crippen LogP contribution in [0, 0.1) is 6.92 Å². The van der Waals surface area contributed by atoms with Crippen molar-refractivity contribution in [1.29, 1.82) is 0 Å². The highest BCUT2D eigenvalue weighted by Gasteiger charge is 2.02. The first-order chi connectivity index (χ1) is 8.65. The Morgan fingerprint density at radius 2 is 2.00 bits per heavy atom. The number of hydrogen-bond acceptors (Lipinski definition) is 2. The highest BCUT2D eigenvalue weighted by molar-refractivity contribution is 9.11. The number of aryl methyl sites for hydroxylation is 1. The van der Waals surface area contributed by atoms with Gasteiger partial charge in [-0.25, -0.2) is 0 Å². The predicted molar refractivity (Wildman–Crippen MR) is 81.4 cm³/mol. The minimum atomic E-state index is 0.752. The highest BCUT2D eigenvalue weighted by Crippen LogP contribution is 2.19. The largest absolute Gasteiger partial charge is 0.307 e. The minimum Gasteiger partial charge on any atom is -0.307 e. The van der Waals surface area contributed by atoms with E-state index < -0.39 is 0 Å². The quantitative estimate of drug-likeness (QED) is 0.873. The van der Waals surface area contributed by atoms with E-state index >= 15 is 0 Å². The summed E-state index contributed by atoms with van der Waals surface area (Å²) in [7, 11) is 0. The lowest BCUT2D eigenvalue weighted by molar-refractivity contribution is 0.677. The van der Waals surface area contributed by atoms with Crippen LogP contribution in [0.1, 0.15) is 16.8 Å². The Morgan fingerprint density at radius 1 is 1.17 bits per heavy atom. The van der Waals surface area contributed by atoms with Crippen molar-refractivity contribution in [3.8, 4) is 0 Å². The molecule has 0 saturated carbocycles. The average Bonchev–Trinajstić information content (AvgIpc) is 2.32. The van der Waals surface area contributed by atoms with Gasteiger partial charge in [0.05, 0.1) is 5.69 Å². The number of nitrogens with zero attached hydrogens (tertiary/aromatic N) is 1. The first-order valence-electron chi connectivity index (χ1n) is 5.71. The lowest BCUT2D eigenvalue weighted by Gasteiger charge is -2.07. The molecule has 0 fully saturated rings. The zero-order valence-electron chi connectivity index (χ0n) is 10.1. The Labute approximate surface area is 124 Å². The molecule has 2 nitrogen and oxygen atoms in total. The van der Waals surface area contributed by atoms with Crippen molar-refractivity contribution in [3.05, 3.63) is 62.3 Å². The van der Waals surface area contributed by atoms with Crippen molar-refractivity contribution in [2.75, 3.05) is 0 Å². The summed E-state index contributed by atoms with van der Waals surface area (Å²) >= 11 is 6.91. The standard InChI is InChI=1S/C14H14Br2N2/c1-10-3-2-4-11(5-10)7-17-9-14-13(16)6-12(15)8-18-14/h2-6,8,17H,7,9H2,1H3. The van der Waals surface area contributed by atoms with Gasteiger partial charge in [-0.1, -0.05) is 29.8 Å². The smallest absolute Gasteiger partial charge is 0.0684 e. The molecule has 2 aromatic rings. The maximum absolute atomic E-state index is 4.37. The minimum absolute atomic E-state index is 0.752. The van der Waals surface area contributed by atoms with Crippen LogP contribution in [-0.2, 0) is 13.1 Å². The number of nitrogens with one attached hydrogen (secondary N) is 1. The summed E-state index contributed by atoms with van der Waals surface area (Å²) in [6, 6.07) is 10.5. The molecule has 1 aromatic heterocycles. The Bertz CT molecular complexity index is 541. The summed E-state index contributed by atoms with van der Waals surface area (Å²) in [6.07, 6.45) is 1.81. The molecule has 18 heavy (non-hydrogen) atoms.